The number of carbonyl (C=O) groups excluding carboxylic acids is 1. The fourth-order valence-corrected chi connectivity index (χ4v) is 1.62. The summed E-state index contributed by atoms with van der Waals surface area (Å²) in [7, 11) is 0. The molecule has 3 heteroatoms. The van der Waals surface area contributed by atoms with Crippen LogP contribution in [0, 0.1) is 0 Å². The van der Waals surface area contributed by atoms with Gasteiger partial charge < -0.3 is 10.6 Å². The third-order valence-electron chi connectivity index (χ3n) is 2.69. The van der Waals surface area contributed by atoms with Crippen molar-refractivity contribution in [3.63, 3.8) is 0 Å². The molecule has 1 aromatic rings. The van der Waals surface area contributed by atoms with Gasteiger partial charge in [-0.3, -0.25) is 0 Å². The van der Waals surface area contributed by atoms with E-state index in [9.17, 15) is 4.79 Å². The van der Waals surface area contributed by atoms with Gasteiger partial charge in [-0.15, -0.1) is 0 Å². The van der Waals surface area contributed by atoms with Crippen molar-refractivity contribution < 1.29 is 4.79 Å². The van der Waals surface area contributed by atoms with E-state index in [0.29, 0.717) is 6.54 Å². The molecule has 2 amide bonds. The molecule has 0 heterocycles. The van der Waals surface area contributed by atoms with Crippen molar-refractivity contribution in [2.45, 2.75) is 52.6 Å². The maximum absolute atomic E-state index is 11.4. The Bertz CT molecular complexity index is 388. The van der Waals surface area contributed by atoms with Crippen LogP contribution in [0.15, 0.2) is 24.3 Å². The Morgan fingerprint density at radius 2 is 1.72 bits per heavy atom. The van der Waals surface area contributed by atoms with Crippen molar-refractivity contribution in [1.29, 1.82) is 0 Å². The Morgan fingerprint density at radius 3 is 2.17 bits per heavy atom. The average Bonchev–Trinajstić information content (AvgIpc) is 2.25. The van der Waals surface area contributed by atoms with Gasteiger partial charge in [-0.25, -0.2) is 4.79 Å². The fourth-order valence-electron chi connectivity index (χ4n) is 1.62. The van der Waals surface area contributed by atoms with E-state index in [1.807, 2.05) is 13.8 Å². The second kappa shape index (κ2) is 5.89. The van der Waals surface area contributed by atoms with Crippen LogP contribution in [0.4, 0.5) is 4.79 Å². The van der Waals surface area contributed by atoms with Gasteiger partial charge in [-0.1, -0.05) is 45.0 Å². The van der Waals surface area contributed by atoms with Crippen LogP contribution in [0.25, 0.3) is 0 Å². The Balaban J connectivity index is 2.52. The van der Waals surface area contributed by atoms with E-state index in [-0.39, 0.29) is 17.5 Å². The second-order valence-electron chi connectivity index (χ2n) is 5.93. The number of hydrogen-bond donors (Lipinski definition) is 2. The highest BCUT2D eigenvalue weighted by atomic mass is 16.2. The molecular weight excluding hydrogens is 224 g/mol. The fraction of sp³-hybridized carbons (Fsp3) is 0.533. The van der Waals surface area contributed by atoms with E-state index in [0.717, 1.165) is 5.56 Å². The molecule has 1 aromatic carbocycles. The van der Waals surface area contributed by atoms with Crippen molar-refractivity contribution >= 4 is 6.03 Å². The van der Waals surface area contributed by atoms with Crippen molar-refractivity contribution in [2.24, 2.45) is 0 Å². The van der Waals surface area contributed by atoms with Gasteiger partial charge in [0.2, 0.25) is 0 Å². The quantitative estimate of drug-likeness (QED) is 0.847. The van der Waals surface area contributed by atoms with Gasteiger partial charge in [0.15, 0.2) is 0 Å². The molecule has 0 saturated heterocycles. The highest BCUT2D eigenvalue weighted by Crippen LogP contribution is 2.22. The zero-order chi connectivity index (χ0) is 13.8. The van der Waals surface area contributed by atoms with E-state index in [2.05, 4.69) is 55.7 Å². The first-order valence-electron chi connectivity index (χ1n) is 6.43. The number of carbonyl (C=O) groups is 1. The van der Waals surface area contributed by atoms with Gasteiger partial charge in [-0.05, 0) is 30.4 Å². The maximum Gasteiger partial charge on any atom is 0.315 e. The molecule has 0 bridgehead atoms. The van der Waals surface area contributed by atoms with Gasteiger partial charge in [0.05, 0.1) is 0 Å². The summed E-state index contributed by atoms with van der Waals surface area (Å²) in [5.41, 5.74) is 2.58. The summed E-state index contributed by atoms with van der Waals surface area (Å²) in [5.74, 6) is 0. The molecule has 0 aliphatic carbocycles. The number of hydrogen-bond acceptors (Lipinski definition) is 1. The van der Waals surface area contributed by atoms with Crippen LogP contribution >= 0.6 is 0 Å². The smallest absolute Gasteiger partial charge is 0.315 e. The molecule has 18 heavy (non-hydrogen) atoms. The molecule has 0 radical (unpaired) electrons. The average molecular weight is 248 g/mol. The topological polar surface area (TPSA) is 41.1 Å². The summed E-state index contributed by atoms with van der Waals surface area (Å²) in [4.78, 5) is 11.4. The van der Waals surface area contributed by atoms with Crippen molar-refractivity contribution in [1.82, 2.24) is 10.6 Å². The lowest BCUT2D eigenvalue weighted by Gasteiger charge is -2.19. The maximum atomic E-state index is 11.4. The van der Waals surface area contributed by atoms with E-state index in [1.165, 1.54) is 5.56 Å². The Kier molecular flexibility index (Phi) is 4.76. The summed E-state index contributed by atoms with van der Waals surface area (Å²) < 4.78 is 0. The molecule has 0 atom stereocenters. The minimum atomic E-state index is -0.120. The zero-order valence-corrected chi connectivity index (χ0v) is 12.0. The van der Waals surface area contributed by atoms with E-state index >= 15 is 0 Å². The van der Waals surface area contributed by atoms with E-state index in [4.69, 9.17) is 0 Å². The molecule has 1 rings (SSSR count). The lowest BCUT2D eigenvalue weighted by Crippen LogP contribution is -2.39. The molecule has 2 N–H and O–H groups in total. The number of amides is 2. The van der Waals surface area contributed by atoms with Crippen LogP contribution in [0.3, 0.4) is 0 Å². The largest absolute Gasteiger partial charge is 0.336 e. The Labute approximate surface area is 110 Å². The first-order chi connectivity index (χ1) is 8.29. The molecular formula is C15H24N2O. The lowest BCUT2D eigenvalue weighted by molar-refractivity contribution is 0.238. The Morgan fingerprint density at radius 1 is 1.17 bits per heavy atom. The molecule has 0 spiro atoms. The van der Waals surface area contributed by atoms with Crippen LogP contribution in [-0.4, -0.2) is 12.1 Å². The zero-order valence-electron chi connectivity index (χ0n) is 12.0. The normalized spacial score (nSPS) is 11.4. The molecule has 0 aliphatic rings. The highest BCUT2D eigenvalue weighted by Gasteiger charge is 2.12. The second-order valence-corrected chi connectivity index (χ2v) is 5.93. The number of rotatable bonds is 3. The van der Waals surface area contributed by atoms with E-state index in [1.54, 1.807) is 0 Å². The molecule has 3 nitrogen and oxygen atoms in total. The van der Waals surface area contributed by atoms with Crippen molar-refractivity contribution in [3.8, 4) is 0 Å². The Hall–Kier alpha value is -1.51. The third-order valence-corrected chi connectivity index (χ3v) is 2.69. The van der Waals surface area contributed by atoms with Gasteiger partial charge in [0, 0.05) is 12.6 Å². The number of urea groups is 1. The van der Waals surface area contributed by atoms with Crippen molar-refractivity contribution in [2.75, 3.05) is 0 Å². The number of benzene rings is 1. The summed E-state index contributed by atoms with van der Waals surface area (Å²) in [6.07, 6.45) is 0. The molecule has 100 valence electrons. The summed E-state index contributed by atoms with van der Waals surface area (Å²) in [5, 5.41) is 5.64. The standard InChI is InChI=1S/C15H24N2O/c1-11(2)17-14(18)16-10-12-6-8-13(9-7-12)15(3,4)5/h6-9,11H,10H2,1-5H3,(H2,16,17,18). The first kappa shape index (κ1) is 14.6. The molecule has 0 fully saturated rings. The van der Waals surface area contributed by atoms with Crippen LogP contribution in [0.2, 0.25) is 0 Å². The summed E-state index contributed by atoms with van der Waals surface area (Å²) >= 11 is 0. The van der Waals surface area contributed by atoms with E-state index < -0.39 is 0 Å². The van der Waals surface area contributed by atoms with Gasteiger partial charge >= 0.3 is 6.03 Å². The van der Waals surface area contributed by atoms with Crippen LogP contribution < -0.4 is 10.6 Å². The molecule has 0 unspecified atom stereocenters. The summed E-state index contributed by atoms with van der Waals surface area (Å²) in [6.45, 7) is 11.0. The van der Waals surface area contributed by atoms with Crippen LogP contribution in [-0.2, 0) is 12.0 Å². The minimum Gasteiger partial charge on any atom is -0.336 e. The third kappa shape index (κ3) is 4.78. The van der Waals surface area contributed by atoms with Crippen molar-refractivity contribution in [3.05, 3.63) is 35.4 Å². The van der Waals surface area contributed by atoms with Gasteiger partial charge in [0.25, 0.3) is 0 Å². The monoisotopic (exact) mass is 248 g/mol. The summed E-state index contributed by atoms with van der Waals surface area (Å²) in [6, 6.07) is 8.42. The van der Waals surface area contributed by atoms with Gasteiger partial charge in [-0.2, -0.15) is 0 Å². The van der Waals surface area contributed by atoms with Crippen LogP contribution in [0.5, 0.6) is 0 Å². The minimum absolute atomic E-state index is 0.120. The predicted octanol–water partition coefficient (Wildman–Crippen LogP) is 3.19. The highest BCUT2D eigenvalue weighted by molar-refractivity contribution is 5.74. The lowest BCUT2D eigenvalue weighted by atomic mass is 9.87. The van der Waals surface area contributed by atoms with Gasteiger partial charge in [0.1, 0.15) is 0 Å². The predicted molar refractivity (Wildman–Crippen MR) is 75.6 cm³/mol. The molecule has 0 aromatic heterocycles. The first-order valence-corrected chi connectivity index (χ1v) is 6.43. The van der Waals surface area contributed by atoms with Crippen LogP contribution in [0.1, 0.15) is 45.7 Å². The number of nitrogens with one attached hydrogen (secondary N) is 2. The SMILES string of the molecule is CC(C)NC(=O)NCc1ccc(C(C)(C)C)cc1. The molecule has 0 saturated carbocycles. The molecule has 0 aliphatic heterocycles.